The molecule has 12 heteroatoms. The maximum atomic E-state index is 13.2. The number of H-pyrrole nitrogens is 1. The van der Waals surface area contributed by atoms with E-state index >= 15 is 0 Å². The summed E-state index contributed by atoms with van der Waals surface area (Å²) < 4.78 is 5.41. The smallest absolute Gasteiger partial charge is 0.327 e. The zero-order valence-corrected chi connectivity index (χ0v) is 27.6. The number of aromatic nitrogens is 3. The van der Waals surface area contributed by atoms with Gasteiger partial charge in [0.05, 0.1) is 23.7 Å². The molecule has 250 valence electrons. The van der Waals surface area contributed by atoms with Crippen molar-refractivity contribution in [3.05, 3.63) is 90.1 Å². The number of pyridine rings is 1. The first-order valence-electron chi connectivity index (χ1n) is 16.2. The number of imide groups is 1. The summed E-state index contributed by atoms with van der Waals surface area (Å²) in [6.07, 6.45) is 3.75. The van der Waals surface area contributed by atoms with E-state index in [0.717, 1.165) is 42.7 Å². The number of hydrogen-bond donors (Lipinski definition) is 3. The molecule has 0 bridgehead atoms. The summed E-state index contributed by atoms with van der Waals surface area (Å²) in [7, 11) is 4.84. The molecule has 4 heterocycles. The van der Waals surface area contributed by atoms with Crippen molar-refractivity contribution in [2.45, 2.75) is 24.8 Å². The number of carbonyl (C=O) groups is 3. The normalized spacial score (nSPS) is 16.1. The first-order valence-corrected chi connectivity index (χ1v) is 16.2. The third-order valence-electron chi connectivity index (χ3n) is 9.80. The number of likely N-dealkylation sites (N-methyl/N-ethyl adjacent to an activating group) is 2. The van der Waals surface area contributed by atoms with Gasteiger partial charge in [0.15, 0.2) is 0 Å². The Hall–Kier alpha value is -5.75. The molecule has 3 N–H and O–H groups in total. The van der Waals surface area contributed by atoms with Crippen LogP contribution in [-0.4, -0.2) is 99.0 Å². The number of aromatic hydroxyl groups is 1. The van der Waals surface area contributed by atoms with Gasteiger partial charge in [0.2, 0.25) is 5.88 Å². The van der Waals surface area contributed by atoms with E-state index < -0.39 is 5.54 Å². The number of benzene rings is 3. The second-order valence-corrected chi connectivity index (χ2v) is 12.6. The van der Waals surface area contributed by atoms with E-state index in [1.54, 1.807) is 62.6 Å². The standard InChI is InChI=1S/C37H37N7O5/c1-42-35(47)37(43(2)36(42)48)15-19-44(20-16-37)18-14-23-6-10-26(11-7-23)39-33(46)25-8-12-29-30(22-25)41-32(40-29)28-21-24(9-13-31(28)45)27-5-4-17-38-34(27)49-3/h4-13,17,21-22,45H,14-16,18-20H2,1-3H3,(H,39,46)(H,40,41). The lowest BCUT2D eigenvalue weighted by atomic mass is 9.86. The minimum Gasteiger partial charge on any atom is -0.507 e. The van der Waals surface area contributed by atoms with Crippen LogP contribution in [0.3, 0.4) is 0 Å². The van der Waals surface area contributed by atoms with Gasteiger partial charge in [-0.1, -0.05) is 18.2 Å². The molecular formula is C37H37N7O5. The fraction of sp³-hybridized carbons (Fsp3) is 0.270. The number of anilines is 1. The van der Waals surface area contributed by atoms with Gasteiger partial charge in [-0.05, 0) is 85.0 Å². The number of carbonyl (C=O) groups excluding carboxylic acids is 3. The molecule has 2 aliphatic heterocycles. The van der Waals surface area contributed by atoms with Crippen molar-refractivity contribution in [2.24, 2.45) is 0 Å². The van der Waals surface area contributed by atoms with Gasteiger partial charge < -0.3 is 29.9 Å². The Morgan fingerprint density at radius 3 is 2.49 bits per heavy atom. The van der Waals surface area contributed by atoms with Crippen molar-refractivity contribution < 1.29 is 24.2 Å². The Labute approximate surface area is 283 Å². The molecule has 2 fully saturated rings. The summed E-state index contributed by atoms with van der Waals surface area (Å²) in [5.41, 5.74) is 5.00. The highest BCUT2D eigenvalue weighted by Crippen LogP contribution is 2.37. The number of amides is 4. The first kappa shape index (κ1) is 31.8. The Morgan fingerprint density at radius 1 is 1.00 bits per heavy atom. The molecule has 2 saturated heterocycles. The second-order valence-electron chi connectivity index (χ2n) is 12.6. The van der Waals surface area contributed by atoms with Crippen LogP contribution in [0.2, 0.25) is 0 Å². The van der Waals surface area contributed by atoms with Crippen molar-refractivity contribution in [1.29, 1.82) is 0 Å². The van der Waals surface area contributed by atoms with Gasteiger partial charge in [-0.15, -0.1) is 0 Å². The number of urea groups is 1. The number of phenols is 1. The van der Waals surface area contributed by atoms with Crippen molar-refractivity contribution in [3.63, 3.8) is 0 Å². The van der Waals surface area contributed by atoms with Gasteiger partial charge in [0.1, 0.15) is 17.1 Å². The number of rotatable bonds is 8. The second kappa shape index (κ2) is 12.7. The number of fused-ring (bicyclic) bond motifs is 1. The SMILES string of the molecule is COc1ncccc1-c1ccc(O)c(-c2nc3ccc(C(=O)Nc4ccc(CCN5CCC6(CC5)C(=O)N(C)C(=O)N6C)cc4)cc3[nH]2)c1. The summed E-state index contributed by atoms with van der Waals surface area (Å²) >= 11 is 0. The summed E-state index contributed by atoms with van der Waals surface area (Å²) in [5, 5.41) is 13.7. The molecule has 7 rings (SSSR count). The Morgan fingerprint density at radius 2 is 1.78 bits per heavy atom. The predicted octanol–water partition coefficient (Wildman–Crippen LogP) is 5.16. The molecule has 49 heavy (non-hydrogen) atoms. The molecule has 0 aliphatic carbocycles. The Balaban J connectivity index is 0.976. The van der Waals surface area contributed by atoms with Crippen molar-refractivity contribution in [2.75, 3.05) is 46.2 Å². The highest BCUT2D eigenvalue weighted by atomic mass is 16.5. The molecule has 1 spiro atoms. The zero-order chi connectivity index (χ0) is 34.3. The van der Waals surface area contributed by atoms with Gasteiger partial charge >= 0.3 is 6.03 Å². The Bertz CT molecular complexity index is 2070. The highest BCUT2D eigenvalue weighted by Gasteiger charge is 2.55. The third-order valence-corrected chi connectivity index (χ3v) is 9.80. The number of likely N-dealkylation sites (tertiary alicyclic amines) is 1. The molecule has 2 aliphatic rings. The summed E-state index contributed by atoms with van der Waals surface area (Å²) in [4.78, 5) is 55.6. The molecule has 2 aromatic heterocycles. The Kier molecular flexibility index (Phi) is 8.25. The first-order chi connectivity index (χ1) is 23.7. The zero-order valence-electron chi connectivity index (χ0n) is 27.6. The summed E-state index contributed by atoms with van der Waals surface area (Å²) in [6, 6.07) is 21.8. The average Bonchev–Trinajstić information content (AvgIpc) is 3.62. The van der Waals surface area contributed by atoms with E-state index in [1.165, 1.54) is 4.90 Å². The summed E-state index contributed by atoms with van der Waals surface area (Å²) in [6.45, 7) is 2.35. The number of hydrogen-bond acceptors (Lipinski definition) is 8. The quantitative estimate of drug-likeness (QED) is 0.194. The van der Waals surface area contributed by atoms with Crippen LogP contribution in [0, 0.1) is 0 Å². The van der Waals surface area contributed by atoms with Gasteiger partial charge in [-0.2, -0.15) is 0 Å². The van der Waals surface area contributed by atoms with E-state index in [9.17, 15) is 19.5 Å². The maximum absolute atomic E-state index is 13.2. The lowest BCUT2D eigenvalue weighted by Gasteiger charge is -2.40. The minimum atomic E-state index is -0.711. The van der Waals surface area contributed by atoms with Crippen LogP contribution in [0.4, 0.5) is 10.5 Å². The fourth-order valence-corrected chi connectivity index (χ4v) is 6.84. The van der Waals surface area contributed by atoms with E-state index in [1.807, 2.05) is 42.5 Å². The number of ether oxygens (including phenoxy) is 1. The van der Waals surface area contributed by atoms with Crippen LogP contribution in [0.15, 0.2) is 79.0 Å². The molecular weight excluding hydrogens is 622 g/mol. The lowest BCUT2D eigenvalue weighted by Crippen LogP contribution is -2.55. The topological polar surface area (TPSA) is 144 Å². The highest BCUT2D eigenvalue weighted by molar-refractivity contribution is 6.07. The number of methoxy groups -OCH3 is 1. The maximum Gasteiger partial charge on any atom is 0.327 e. The molecule has 0 atom stereocenters. The van der Waals surface area contributed by atoms with Crippen LogP contribution in [0.1, 0.15) is 28.8 Å². The number of nitrogens with zero attached hydrogens (tertiary/aromatic N) is 5. The molecule has 0 radical (unpaired) electrons. The van der Waals surface area contributed by atoms with Gasteiger partial charge in [-0.25, -0.2) is 14.8 Å². The minimum absolute atomic E-state index is 0.0653. The third kappa shape index (κ3) is 5.84. The number of imidazole rings is 1. The number of nitrogens with one attached hydrogen (secondary N) is 2. The van der Waals surface area contributed by atoms with Crippen molar-refractivity contribution in [3.8, 4) is 34.1 Å². The number of phenolic OH excluding ortho intramolecular Hbond substituents is 1. The van der Waals surface area contributed by atoms with E-state index in [2.05, 4.69) is 25.2 Å². The van der Waals surface area contributed by atoms with E-state index in [-0.39, 0.29) is 23.6 Å². The van der Waals surface area contributed by atoms with E-state index in [0.29, 0.717) is 52.4 Å². The molecule has 0 unspecified atom stereocenters. The lowest BCUT2D eigenvalue weighted by molar-refractivity contribution is -0.134. The molecule has 5 aromatic rings. The van der Waals surface area contributed by atoms with Crippen molar-refractivity contribution >= 4 is 34.6 Å². The molecule has 4 amide bonds. The van der Waals surface area contributed by atoms with Crippen LogP contribution in [0.25, 0.3) is 33.5 Å². The largest absolute Gasteiger partial charge is 0.507 e. The van der Waals surface area contributed by atoms with Crippen LogP contribution in [-0.2, 0) is 11.2 Å². The number of piperidine rings is 1. The average molecular weight is 660 g/mol. The van der Waals surface area contributed by atoms with Gasteiger partial charge in [0, 0.05) is 56.7 Å². The summed E-state index contributed by atoms with van der Waals surface area (Å²) in [5.74, 6) is 0.658. The fourth-order valence-electron chi connectivity index (χ4n) is 6.84. The predicted molar refractivity (Wildman–Crippen MR) is 185 cm³/mol. The number of aromatic amines is 1. The monoisotopic (exact) mass is 659 g/mol. The molecule has 0 saturated carbocycles. The van der Waals surface area contributed by atoms with Crippen LogP contribution >= 0.6 is 0 Å². The van der Waals surface area contributed by atoms with Gasteiger partial charge in [-0.3, -0.25) is 14.5 Å². The van der Waals surface area contributed by atoms with Crippen LogP contribution < -0.4 is 10.1 Å². The molecule has 12 nitrogen and oxygen atoms in total. The van der Waals surface area contributed by atoms with E-state index in [4.69, 9.17) is 4.74 Å². The molecule has 3 aromatic carbocycles. The van der Waals surface area contributed by atoms with Crippen molar-refractivity contribution in [1.82, 2.24) is 29.7 Å². The van der Waals surface area contributed by atoms with Gasteiger partial charge in [0.25, 0.3) is 11.8 Å². The van der Waals surface area contributed by atoms with Crippen LogP contribution in [0.5, 0.6) is 11.6 Å².